The molecule has 2 aromatic rings. The van der Waals surface area contributed by atoms with E-state index >= 15 is 0 Å². The molecule has 1 fully saturated rings. The fraction of sp³-hybridized carbons (Fsp3) is 0.391. The Labute approximate surface area is 160 Å². The van der Waals surface area contributed by atoms with Gasteiger partial charge in [-0.3, -0.25) is 9.59 Å². The molecule has 27 heavy (non-hydrogen) atoms. The predicted octanol–water partition coefficient (Wildman–Crippen LogP) is 4.67. The Kier molecular flexibility index (Phi) is 4.97. The summed E-state index contributed by atoms with van der Waals surface area (Å²) in [5, 5.41) is 3.03. The molecule has 140 valence electrons. The second kappa shape index (κ2) is 7.55. The molecular weight excluding hydrogens is 336 g/mol. The number of nitrogens with zero attached hydrogens (tertiary/aromatic N) is 1. The van der Waals surface area contributed by atoms with Gasteiger partial charge in [0.25, 0.3) is 5.91 Å². The number of amides is 2. The number of anilines is 1. The van der Waals surface area contributed by atoms with E-state index in [4.69, 9.17) is 0 Å². The average Bonchev–Trinajstić information content (AvgIpc) is 3.32. The van der Waals surface area contributed by atoms with Crippen molar-refractivity contribution in [2.24, 2.45) is 5.92 Å². The molecule has 1 saturated carbocycles. The first-order valence-electron chi connectivity index (χ1n) is 9.87. The van der Waals surface area contributed by atoms with Gasteiger partial charge in [-0.1, -0.05) is 43.2 Å². The maximum atomic E-state index is 13.0. The van der Waals surface area contributed by atoms with Crippen molar-refractivity contribution in [3.63, 3.8) is 0 Å². The lowest BCUT2D eigenvalue weighted by Crippen LogP contribution is -2.25. The lowest BCUT2D eigenvalue weighted by atomic mass is 10.0. The Balaban J connectivity index is 1.45. The minimum Gasteiger partial charge on any atom is -0.330 e. The Bertz CT molecular complexity index is 843. The van der Waals surface area contributed by atoms with E-state index in [-0.39, 0.29) is 11.8 Å². The molecule has 1 heterocycles. The first kappa shape index (κ1) is 17.8. The smallest absolute Gasteiger partial charge is 0.254 e. The molecule has 4 nitrogen and oxygen atoms in total. The summed E-state index contributed by atoms with van der Waals surface area (Å²) in [7, 11) is 0. The molecule has 4 rings (SSSR count). The molecule has 0 spiro atoms. The zero-order valence-corrected chi connectivity index (χ0v) is 15.8. The average molecular weight is 362 g/mol. The molecule has 2 aliphatic rings. The summed E-state index contributed by atoms with van der Waals surface area (Å²) >= 11 is 0. The van der Waals surface area contributed by atoms with Crippen LogP contribution in [-0.2, 0) is 17.9 Å². The molecule has 0 aromatic heterocycles. The highest BCUT2D eigenvalue weighted by Gasteiger charge is 2.24. The Morgan fingerprint density at radius 3 is 2.37 bits per heavy atom. The van der Waals surface area contributed by atoms with Crippen LogP contribution in [0.4, 0.5) is 5.69 Å². The molecule has 1 aliphatic heterocycles. The van der Waals surface area contributed by atoms with Crippen LogP contribution in [0.15, 0.2) is 42.5 Å². The largest absolute Gasteiger partial charge is 0.330 e. The number of fused-ring (bicyclic) bond motifs is 1. The Morgan fingerprint density at radius 2 is 1.70 bits per heavy atom. The van der Waals surface area contributed by atoms with Gasteiger partial charge in [0.05, 0.1) is 0 Å². The van der Waals surface area contributed by atoms with Crippen molar-refractivity contribution in [2.75, 3.05) is 5.32 Å². The predicted molar refractivity (Wildman–Crippen MR) is 106 cm³/mol. The van der Waals surface area contributed by atoms with Gasteiger partial charge in [0.2, 0.25) is 5.91 Å². The van der Waals surface area contributed by atoms with Crippen molar-refractivity contribution in [1.82, 2.24) is 4.90 Å². The van der Waals surface area contributed by atoms with E-state index < -0.39 is 0 Å². The Hall–Kier alpha value is -2.62. The van der Waals surface area contributed by atoms with E-state index in [2.05, 4.69) is 17.4 Å². The van der Waals surface area contributed by atoms with Gasteiger partial charge in [-0.15, -0.1) is 0 Å². The second-order valence-electron chi connectivity index (χ2n) is 7.86. The van der Waals surface area contributed by atoms with Crippen LogP contribution in [0.1, 0.15) is 59.2 Å². The van der Waals surface area contributed by atoms with Crippen molar-refractivity contribution >= 4 is 17.5 Å². The normalized spacial score (nSPS) is 16.4. The minimum atomic E-state index is 0.0116. The molecule has 0 radical (unpaired) electrons. The first-order valence-corrected chi connectivity index (χ1v) is 9.87. The van der Waals surface area contributed by atoms with Crippen molar-refractivity contribution in [1.29, 1.82) is 0 Å². The highest BCUT2D eigenvalue weighted by atomic mass is 16.2. The molecular formula is C23H26N2O2. The molecule has 4 heteroatoms. The zero-order valence-electron chi connectivity index (χ0n) is 15.8. The van der Waals surface area contributed by atoms with Gasteiger partial charge in [0.15, 0.2) is 0 Å². The number of carbonyl (C=O) groups is 2. The molecule has 1 aliphatic carbocycles. The highest BCUT2D eigenvalue weighted by molar-refractivity contribution is 5.98. The van der Waals surface area contributed by atoms with E-state index in [0.29, 0.717) is 31.0 Å². The number of nitrogens with one attached hydrogen (secondary N) is 1. The van der Waals surface area contributed by atoms with Crippen LogP contribution in [0.5, 0.6) is 0 Å². The molecule has 0 bridgehead atoms. The summed E-state index contributed by atoms with van der Waals surface area (Å²) in [6, 6.07) is 13.8. The van der Waals surface area contributed by atoms with Gasteiger partial charge in [0.1, 0.15) is 0 Å². The van der Waals surface area contributed by atoms with E-state index in [1.54, 1.807) is 0 Å². The van der Waals surface area contributed by atoms with Gasteiger partial charge in [-0.2, -0.15) is 0 Å². The van der Waals surface area contributed by atoms with Crippen LogP contribution in [0.25, 0.3) is 0 Å². The van der Waals surface area contributed by atoms with Gasteiger partial charge in [-0.05, 0) is 54.5 Å². The fourth-order valence-corrected chi connectivity index (χ4v) is 4.23. The number of hydrogen-bond acceptors (Lipinski definition) is 2. The standard InChI is InChI=1S/C23H26N2O2/c1-16-10-11-18(13-21(16)24-22(26)12-17-6-2-3-7-17)23(27)25-14-19-8-4-5-9-20(19)15-25/h4-5,8-11,13,17H,2-3,6-7,12,14-15H2,1H3,(H,24,26). The summed E-state index contributed by atoms with van der Waals surface area (Å²) in [5.41, 5.74) is 4.78. The zero-order chi connectivity index (χ0) is 18.8. The number of carbonyl (C=O) groups excluding carboxylic acids is 2. The van der Waals surface area contributed by atoms with Crippen LogP contribution in [0.2, 0.25) is 0 Å². The topological polar surface area (TPSA) is 49.4 Å². The fourth-order valence-electron chi connectivity index (χ4n) is 4.23. The van der Waals surface area contributed by atoms with Crippen LogP contribution in [0, 0.1) is 12.8 Å². The van der Waals surface area contributed by atoms with Gasteiger partial charge >= 0.3 is 0 Å². The van der Waals surface area contributed by atoms with Crippen LogP contribution >= 0.6 is 0 Å². The summed E-state index contributed by atoms with van der Waals surface area (Å²) < 4.78 is 0. The van der Waals surface area contributed by atoms with E-state index in [0.717, 1.165) is 24.1 Å². The lowest BCUT2D eigenvalue weighted by molar-refractivity contribution is -0.117. The maximum absolute atomic E-state index is 13.0. The molecule has 0 atom stereocenters. The molecule has 2 aromatic carbocycles. The van der Waals surface area contributed by atoms with E-state index in [1.165, 1.54) is 24.0 Å². The molecule has 2 amide bonds. The third-order valence-corrected chi connectivity index (χ3v) is 5.84. The lowest BCUT2D eigenvalue weighted by Gasteiger charge is -2.17. The van der Waals surface area contributed by atoms with Crippen molar-refractivity contribution < 1.29 is 9.59 Å². The maximum Gasteiger partial charge on any atom is 0.254 e. The minimum absolute atomic E-state index is 0.0116. The summed E-state index contributed by atoms with van der Waals surface area (Å²) in [5.74, 6) is 0.582. The molecule has 0 saturated heterocycles. The van der Waals surface area contributed by atoms with Crippen molar-refractivity contribution in [2.45, 2.75) is 52.1 Å². The van der Waals surface area contributed by atoms with E-state index in [1.807, 2.05) is 42.2 Å². The third-order valence-electron chi connectivity index (χ3n) is 5.84. The summed E-state index contributed by atoms with van der Waals surface area (Å²) in [4.78, 5) is 27.2. The van der Waals surface area contributed by atoms with Gasteiger partial charge < -0.3 is 10.2 Å². The molecule has 0 unspecified atom stereocenters. The Morgan fingerprint density at radius 1 is 1.04 bits per heavy atom. The summed E-state index contributed by atoms with van der Waals surface area (Å²) in [6.45, 7) is 3.25. The number of aryl methyl sites for hydroxylation is 1. The van der Waals surface area contributed by atoms with E-state index in [9.17, 15) is 9.59 Å². The van der Waals surface area contributed by atoms with Crippen molar-refractivity contribution in [3.05, 3.63) is 64.7 Å². The van der Waals surface area contributed by atoms with Crippen LogP contribution in [0.3, 0.4) is 0 Å². The first-order chi connectivity index (χ1) is 13.1. The SMILES string of the molecule is Cc1ccc(C(=O)N2Cc3ccccc3C2)cc1NC(=O)CC1CCCC1. The third kappa shape index (κ3) is 3.90. The summed E-state index contributed by atoms with van der Waals surface area (Å²) in [6.07, 6.45) is 5.36. The monoisotopic (exact) mass is 362 g/mol. The number of hydrogen-bond donors (Lipinski definition) is 1. The second-order valence-corrected chi connectivity index (χ2v) is 7.86. The van der Waals surface area contributed by atoms with Crippen LogP contribution < -0.4 is 5.32 Å². The highest BCUT2D eigenvalue weighted by Crippen LogP contribution is 2.29. The number of benzene rings is 2. The van der Waals surface area contributed by atoms with Crippen LogP contribution in [-0.4, -0.2) is 16.7 Å². The number of rotatable bonds is 4. The van der Waals surface area contributed by atoms with Gasteiger partial charge in [-0.25, -0.2) is 0 Å². The molecule has 1 N–H and O–H groups in total. The van der Waals surface area contributed by atoms with Gasteiger partial charge in [0, 0.05) is 30.8 Å². The van der Waals surface area contributed by atoms with Crippen molar-refractivity contribution in [3.8, 4) is 0 Å². The quantitative estimate of drug-likeness (QED) is 0.859.